The molecule has 4 nitrogen and oxygen atoms in total. The van der Waals surface area contributed by atoms with Crippen LogP contribution >= 0.6 is 0 Å². The van der Waals surface area contributed by atoms with Crippen molar-refractivity contribution in [3.05, 3.63) is 70.8 Å². The Labute approximate surface area is 237 Å². The molecule has 216 valence electrons. The largest absolute Gasteiger partial charge is 0.390 e. The van der Waals surface area contributed by atoms with Gasteiger partial charge in [0, 0.05) is 25.1 Å². The second kappa shape index (κ2) is 11.5. The van der Waals surface area contributed by atoms with Crippen LogP contribution in [0.2, 0.25) is 0 Å². The minimum atomic E-state index is -0.915. The summed E-state index contributed by atoms with van der Waals surface area (Å²) in [5, 5.41) is 17.9. The molecule has 0 radical (unpaired) electrons. The normalized spacial score (nSPS) is 30.1. The van der Waals surface area contributed by atoms with Gasteiger partial charge in [-0.3, -0.25) is 4.79 Å². The first-order chi connectivity index (χ1) is 19.3. The average Bonchev–Trinajstić information content (AvgIpc) is 2.91. The van der Waals surface area contributed by atoms with Crippen molar-refractivity contribution in [1.82, 2.24) is 10.6 Å². The maximum absolute atomic E-state index is 13.8. The monoisotopic (exact) mass is 550 g/mol. The molecule has 0 saturated heterocycles. The van der Waals surface area contributed by atoms with Crippen molar-refractivity contribution >= 4 is 5.91 Å². The van der Waals surface area contributed by atoms with Crippen LogP contribution in [0.25, 0.3) is 0 Å². The number of halogens is 2. The van der Waals surface area contributed by atoms with Crippen molar-refractivity contribution < 1.29 is 18.7 Å². The summed E-state index contributed by atoms with van der Waals surface area (Å²) >= 11 is 0. The molecule has 6 heteroatoms. The molecular formula is C34H44F2N2O2. The van der Waals surface area contributed by atoms with E-state index < -0.39 is 23.8 Å². The quantitative estimate of drug-likeness (QED) is 0.340. The fourth-order valence-electron chi connectivity index (χ4n) is 9.21. The summed E-state index contributed by atoms with van der Waals surface area (Å²) in [5.41, 5.74) is 3.00. The molecule has 2 aromatic carbocycles. The Kier molecular flexibility index (Phi) is 8.02. The van der Waals surface area contributed by atoms with Crippen LogP contribution < -0.4 is 10.6 Å². The molecule has 0 spiro atoms. The fraction of sp³-hybridized carbons (Fsp3) is 0.618. The Morgan fingerprint density at radius 1 is 0.950 bits per heavy atom. The molecule has 0 unspecified atom stereocenters. The summed E-state index contributed by atoms with van der Waals surface area (Å²) in [6.07, 6.45) is 11.8. The first kappa shape index (κ1) is 27.8. The van der Waals surface area contributed by atoms with Gasteiger partial charge in [0.15, 0.2) is 0 Å². The minimum absolute atomic E-state index is 0.145. The Bertz CT molecular complexity index is 1160. The van der Waals surface area contributed by atoms with Crippen LogP contribution in [-0.2, 0) is 16.8 Å². The number of aliphatic hydroxyl groups is 1. The Morgan fingerprint density at radius 2 is 1.60 bits per heavy atom. The third kappa shape index (κ3) is 5.85. The third-order valence-corrected chi connectivity index (χ3v) is 10.6. The van der Waals surface area contributed by atoms with Crippen molar-refractivity contribution in [2.24, 2.45) is 23.7 Å². The lowest BCUT2D eigenvalue weighted by Crippen LogP contribution is -2.53. The summed E-state index contributed by atoms with van der Waals surface area (Å²) in [5.74, 6) is 2.63. The molecule has 7 rings (SSSR count). The van der Waals surface area contributed by atoms with Gasteiger partial charge in [-0.05, 0) is 110 Å². The van der Waals surface area contributed by atoms with E-state index in [1.54, 1.807) is 0 Å². The van der Waals surface area contributed by atoms with Gasteiger partial charge >= 0.3 is 0 Å². The third-order valence-electron chi connectivity index (χ3n) is 10.6. The van der Waals surface area contributed by atoms with Gasteiger partial charge in [-0.15, -0.1) is 0 Å². The van der Waals surface area contributed by atoms with Crippen LogP contribution in [-0.4, -0.2) is 29.7 Å². The number of hydrogen-bond acceptors (Lipinski definition) is 3. The van der Waals surface area contributed by atoms with Crippen LogP contribution in [0.15, 0.2) is 42.5 Å². The molecule has 5 fully saturated rings. The van der Waals surface area contributed by atoms with Gasteiger partial charge in [-0.1, -0.05) is 43.5 Å². The molecule has 40 heavy (non-hydrogen) atoms. The first-order valence-electron chi connectivity index (χ1n) is 15.5. The highest BCUT2D eigenvalue weighted by Gasteiger charge is 2.48. The zero-order valence-electron chi connectivity index (χ0n) is 23.7. The lowest BCUT2D eigenvalue weighted by molar-refractivity contribution is -0.120. The highest BCUT2D eigenvalue weighted by atomic mass is 19.1. The van der Waals surface area contributed by atoms with E-state index >= 15 is 0 Å². The van der Waals surface area contributed by atoms with Crippen LogP contribution in [0, 0.1) is 35.3 Å². The number of rotatable bonds is 9. The van der Waals surface area contributed by atoms with Gasteiger partial charge < -0.3 is 15.7 Å². The maximum Gasteiger partial charge on any atom is 0.217 e. The standard InChI is InChI=1S/C34H44F2N2O2/c1-21(39)38-31(17-24-15-29(35)19-30(36)16-24)32(40)20-37-34(8-3-2-4-9-34)28-7-5-6-25(18-28)33-26-11-22-10-23(13-26)14-27(33)12-22/h5-7,15-16,18-19,22-23,26-27,31-33,37,40H,2-4,8-14,17,20H2,1H3,(H,38,39)/t22?,23?,26?,27?,31-,32-,33?/m0/s1. The summed E-state index contributed by atoms with van der Waals surface area (Å²) < 4.78 is 27.7. The highest BCUT2D eigenvalue weighted by molar-refractivity contribution is 5.73. The number of hydrogen-bond donors (Lipinski definition) is 3. The van der Waals surface area contributed by atoms with Crippen molar-refractivity contribution in [2.45, 2.75) is 101 Å². The fourth-order valence-corrected chi connectivity index (χ4v) is 9.21. The van der Waals surface area contributed by atoms with Crippen molar-refractivity contribution in [2.75, 3.05) is 6.54 Å². The van der Waals surface area contributed by atoms with Crippen LogP contribution in [0.1, 0.15) is 93.7 Å². The lowest BCUT2D eigenvalue weighted by atomic mass is 9.50. The second-order valence-corrected chi connectivity index (χ2v) is 13.5. The molecule has 5 aliphatic carbocycles. The van der Waals surface area contributed by atoms with E-state index in [0.29, 0.717) is 11.5 Å². The molecule has 4 bridgehead atoms. The van der Waals surface area contributed by atoms with Gasteiger partial charge in [0.25, 0.3) is 0 Å². The summed E-state index contributed by atoms with van der Waals surface area (Å²) in [7, 11) is 0. The van der Waals surface area contributed by atoms with E-state index in [1.165, 1.54) is 68.7 Å². The van der Waals surface area contributed by atoms with E-state index in [9.17, 15) is 18.7 Å². The molecule has 0 aliphatic heterocycles. The van der Waals surface area contributed by atoms with Crippen molar-refractivity contribution in [3.63, 3.8) is 0 Å². The number of carbonyl (C=O) groups excluding carboxylic acids is 1. The van der Waals surface area contributed by atoms with Gasteiger partial charge in [-0.25, -0.2) is 8.78 Å². The maximum atomic E-state index is 13.8. The molecule has 2 aromatic rings. The second-order valence-electron chi connectivity index (χ2n) is 13.5. The minimum Gasteiger partial charge on any atom is -0.390 e. The van der Waals surface area contributed by atoms with Gasteiger partial charge in [0.2, 0.25) is 5.91 Å². The smallest absolute Gasteiger partial charge is 0.217 e. The van der Waals surface area contributed by atoms with Crippen LogP contribution in [0.4, 0.5) is 8.78 Å². The zero-order valence-corrected chi connectivity index (χ0v) is 23.7. The molecule has 5 saturated carbocycles. The predicted octanol–water partition coefficient (Wildman–Crippen LogP) is 6.36. The summed E-state index contributed by atoms with van der Waals surface area (Å²) in [6.45, 7) is 1.68. The Balaban J connectivity index is 1.20. The summed E-state index contributed by atoms with van der Waals surface area (Å²) in [6, 6.07) is 12.0. The Morgan fingerprint density at radius 3 is 2.23 bits per heavy atom. The topological polar surface area (TPSA) is 61.4 Å². The summed E-state index contributed by atoms with van der Waals surface area (Å²) in [4.78, 5) is 12.0. The number of amides is 1. The van der Waals surface area contributed by atoms with E-state index in [1.807, 2.05) is 0 Å². The molecule has 5 aliphatic rings. The average molecular weight is 551 g/mol. The number of carbonyl (C=O) groups is 1. The number of aliphatic hydroxyl groups excluding tert-OH is 1. The SMILES string of the molecule is CC(=O)N[C@@H](Cc1cc(F)cc(F)c1)[C@@H](O)CNC1(c2cccc(C3C4CC5CC(C4)CC3C5)c2)CCCCC1. The van der Waals surface area contributed by atoms with Crippen LogP contribution in [0.3, 0.4) is 0 Å². The number of benzene rings is 2. The molecular weight excluding hydrogens is 506 g/mol. The molecule has 3 N–H and O–H groups in total. The first-order valence-corrected chi connectivity index (χ1v) is 15.5. The molecule has 0 aromatic heterocycles. The van der Waals surface area contributed by atoms with Gasteiger partial charge in [0.1, 0.15) is 11.6 Å². The van der Waals surface area contributed by atoms with Crippen LogP contribution in [0.5, 0.6) is 0 Å². The van der Waals surface area contributed by atoms with Gasteiger partial charge in [-0.2, -0.15) is 0 Å². The lowest BCUT2D eigenvalue weighted by Gasteiger charge is -2.54. The molecule has 2 atom stereocenters. The van der Waals surface area contributed by atoms with Crippen molar-refractivity contribution in [1.29, 1.82) is 0 Å². The van der Waals surface area contributed by atoms with E-state index in [0.717, 1.165) is 55.4 Å². The number of nitrogens with one attached hydrogen (secondary N) is 2. The van der Waals surface area contributed by atoms with E-state index in [4.69, 9.17) is 0 Å². The highest BCUT2D eigenvalue weighted by Crippen LogP contribution is 2.60. The Hall–Kier alpha value is -2.31. The van der Waals surface area contributed by atoms with E-state index in [2.05, 4.69) is 34.9 Å². The molecule has 0 heterocycles. The molecule has 1 amide bonds. The zero-order chi connectivity index (χ0) is 27.9. The van der Waals surface area contributed by atoms with Crippen molar-refractivity contribution in [3.8, 4) is 0 Å². The van der Waals surface area contributed by atoms with Gasteiger partial charge in [0.05, 0.1) is 12.1 Å². The predicted molar refractivity (Wildman–Crippen MR) is 153 cm³/mol. The van der Waals surface area contributed by atoms with E-state index in [-0.39, 0.29) is 24.4 Å².